The first-order chi connectivity index (χ1) is 18.4. The van der Waals surface area contributed by atoms with Crippen molar-refractivity contribution < 1.29 is 9.28 Å². The molecule has 2 atom stereocenters. The minimum absolute atomic E-state index is 0.0941. The van der Waals surface area contributed by atoms with Crippen LogP contribution in [0.4, 0.5) is 11.5 Å². The summed E-state index contributed by atoms with van der Waals surface area (Å²) in [6.45, 7) is 9.33. The van der Waals surface area contributed by atoms with Crippen LogP contribution >= 0.6 is 0 Å². The number of amides is 1. The first kappa shape index (κ1) is 25.6. The Labute approximate surface area is 222 Å². The van der Waals surface area contributed by atoms with E-state index in [9.17, 15) is 10.1 Å². The van der Waals surface area contributed by atoms with E-state index < -0.39 is 0 Å². The summed E-state index contributed by atoms with van der Waals surface area (Å²) in [6.07, 6.45) is 8.37. The van der Waals surface area contributed by atoms with Crippen molar-refractivity contribution in [1.82, 2.24) is 25.2 Å². The van der Waals surface area contributed by atoms with Crippen LogP contribution < -0.4 is 16.0 Å². The molecule has 0 spiro atoms. The fourth-order valence-corrected chi connectivity index (χ4v) is 5.49. The number of hydrogen-bond acceptors (Lipinski definition) is 7. The number of hydrogen-bond donors (Lipinski definition) is 3. The minimum Gasteiger partial charge on any atom is -0.351 e. The molecule has 38 heavy (non-hydrogen) atoms. The molecule has 2 fully saturated rings. The zero-order valence-corrected chi connectivity index (χ0v) is 22.0. The lowest BCUT2D eigenvalue weighted by molar-refractivity contribution is -0.802. The molecule has 4 heterocycles. The number of H-pyrrole nitrogens is 1. The van der Waals surface area contributed by atoms with Crippen molar-refractivity contribution in [1.29, 1.82) is 5.26 Å². The molecule has 0 radical (unpaired) electrons. The third-order valence-electron chi connectivity index (χ3n) is 7.76. The molecule has 1 aromatic carbocycles. The number of piperazine rings is 1. The predicted molar refractivity (Wildman–Crippen MR) is 147 cm³/mol. The van der Waals surface area contributed by atoms with Crippen LogP contribution in [0.2, 0.25) is 0 Å². The Morgan fingerprint density at radius 1 is 1.32 bits per heavy atom. The molecule has 1 unspecified atom stereocenters. The Balaban J connectivity index is 1.29. The number of aromatic amines is 1. The highest BCUT2D eigenvalue weighted by Crippen LogP contribution is 2.30. The number of nitrogens with one attached hydrogen (secondary N) is 2. The molecule has 0 bridgehead atoms. The number of likely N-dealkylation sites (tertiary alicyclic amines) is 1. The summed E-state index contributed by atoms with van der Waals surface area (Å²) < 4.78 is -0.0941. The van der Waals surface area contributed by atoms with Gasteiger partial charge in [-0.2, -0.15) is 9.48 Å². The second kappa shape index (κ2) is 10.8. The number of carbonyl (C=O) groups is 1. The molecule has 2 aromatic heterocycles. The van der Waals surface area contributed by atoms with Gasteiger partial charge in [0.2, 0.25) is 0 Å². The van der Waals surface area contributed by atoms with E-state index in [1.165, 1.54) is 12.8 Å². The quantitative estimate of drug-likeness (QED) is 0.198. The number of rotatable bonds is 6. The number of aromatic nitrogens is 3. The molecule has 2 saturated heterocycles. The maximum atomic E-state index is 12.7. The molecular weight excluding hydrogens is 480 g/mol. The van der Waals surface area contributed by atoms with Gasteiger partial charge in [-0.1, -0.05) is 6.07 Å². The lowest BCUT2D eigenvalue weighted by Crippen LogP contribution is -2.67. The summed E-state index contributed by atoms with van der Waals surface area (Å²) in [7, 11) is 0. The van der Waals surface area contributed by atoms with E-state index >= 15 is 0 Å². The average Bonchev–Trinajstić information content (AvgIpc) is 3.59. The molecule has 4 N–H and O–H groups in total. The van der Waals surface area contributed by atoms with E-state index in [0.29, 0.717) is 37.4 Å². The Morgan fingerprint density at radius 2 is 2.13 bits per heavy atom. The SMILES string of the molecule is Cc1c[nH]c2ncnc(N3CC[N@@+](C#N)(C(N)=Nc4cccc(C(=O)NCCN5CCCC5)c4)C(C)C3)c12. The highest BCUT2D eigenvalue weighted by atomic mass is 16.1. The van der Waals surface area contributed by atoms with Crippen molar-refractivity contribution in [2.24, 2.45) is 10.7 Å². The number of aryl methyl sites for hydroxylation is 1. The van der Waals surface area contributed by atoms with Gasteiger partial charge in [-0.3, -0.25) is 4.79 Å². The number of anilines is 1. The smallest absolute Gasteiger partial charge is 0.317 e. The third-order valence-corrected chi connectivity index (χ3v) is 7.76. The van der Waals surface area contributed by atoms with Gasteiger partial charge >= 0.3 is 12.2 Å². The average molecular weight is 516 g/mol. The number of carbonyl (C=O) groups excluding carboxylic acids is 1. The number of nitrogens with two attached hydrogens (primary N) is 1. The molecule has 0 saturated carbocycles. The third kappa shape index (κ3) is 4.92. The Hall–Kier alpha value is -4.01. The van der Waals surface area contributed by atoms with Crippen LogP contribution in [-0.4, -0.2) is 88.1 Å². The summed E-state index contributed by atoms with van der Waals surface area (Å²) in [5.41, 5.74) is 9.48. The van der Waals surface area contributed by atoms with Gasteiger partial charge in [-0.15, -0.1) is 5.26 Å². The van der Waals surface area contributed by atoms with E-state index in [2.05, 4.69) is 41.3 Å². The van der Waals surface area contributed by atoms with Crippen LogP contribution in [-0.2, 0) is 0 Å². The highest BCUT2D eigenvalue weighted by molar-refractivity contribution is 5.95. The van der Waals surface area contributed by atoms with Gasteiger partial charge in [0.1, 0.15) is 30.4 Å². The Morgan fingerprint density at radius 3 is 2.89 bits per heavy atom. The first-order valence-electron chi connectivity index (χ1n) is 13.2. The van der Waals surface area contributed by atoms with Crippen molar-refractivity contribution in [3.05, 3.63) is 47.9 Å². The summed E-state index contributed by atoms with van der Waals surface area (Å²) in [6, 6.07) is 6.92. The van der Waals surface area contributed by atoms with Crippen LogP contribution in [0.3, 0.4) is 0 Å². The molecular formula is C27H35N10O+. The number of guanidine groups is 1. The normalized spacial score (nSPS) is 22.5. The standard InChI is InChI=1S/C27H34N10O/c1-19-15-31-24-23(19)25(33-18-32-24)36-12-13-37(17-28,20(2)16-36)27(29)34-22-7-5-6-21(14-22)26(38)30-8-11-35-9-3-4-10-35/h5-7,14-15,18,20H,3-4,8-13,16H2,1-2H3,(H3-,29,30,31,32,33,34,38)/p+1/t20?,37-/m0/s1. The molecule has 1 amide bonds. The monoisotopic (exact) mass is 515 g/mol. The number of nitrogens with zero attached hydrogens (tertiary/aromatic N) is 7. The van der Waals surface area contributed by atoms with Crippen LogP contribution in [0.5, 0.6) is 0 Å². The zero-order chi connectivity index (χ0) is 26.7. The van der Waals surface area contributed by atoms with Gasteiger partial charge in [-0.25, -0.2) is 9.97 Å². The van der Waals surface area contributed by atoms with E-state index in [0.717, 1.165) is 42.0 Å². The first-order valence-corrected chi connectivity index (χ1v) is 13.2. The maximum absolute atomic E-state index is 12.7. The van der Waals surface area contributed by atoms with Crippen molar-refractivity contribution in [2.45, 2.75) is 32.7 Å². The highest BCUT2D eigenvalue weighted by Gasteiger charge is 2.45. The lowest BCUT2D eigenvalue weighted by Gasteiger charge is -2.42. The lowest BCUT2D eigenvalue weighted by atomic mass is 10.1. The summed E-state index contributed by atoms with van der Waals surface area (Å²) in [4.78, 5) is 34.0. The molecule has 2 aliphatic rings. The maximum Gasteiger partial charge on any atom is 0.317 e. The minimum atomic E-state index is -0.154. The van der Waals surface area contributed by atoms with E-state index in [1.54, 1.807) is 30.6 Å². The number of nitriles is 1. The number of fused-ring (bicyclic) bond motifs is 1. The number of aliphatic imine (C=N–C) groups is 1. The van der Waals surface area contributed by atoms with Gasteiger partial charge in [-0.05, 0) is 63.5 Å². The van der Waals surface area contributed by atoms with E-state index in [-0.39, 0.29) is 22.4 Å². The molecule has 11 heteroatoms. The largest absolute Gasteiger partial charge is 0.351 e. The second-order valence-electron chi connectivity index (χ2n) is 10.2. The molecule has 198 valence electrons. The van der Waals surface area contributed by atoms with Crippen LogP contribution in [0, 0.1) is 18.4 Å². The molecule has 11 nitrogen and oxygen atoms in total. The van der Waals surface area contributed by atoms with Crippen molar-refractivity contribution >= 4 is 34.4 Å². The summed E-state index contributed by atoms with van der Waals surface area (Å²) in [5.74, 6) is 0.939. The molecule has 3 aromatic rings. The van der Waals surface area contributed by atoms with Gasteiger partial charge in [0.15, 0.2) is 0 Å². The number of benzene rings is 1. The van der Waals surface area contributed by atoms with Crippen LogP contribution in [0.25, 0.3) is 11.0 Å². The van der Waals surface area contributed by atoms with Gasteiger partial charge < -0.3 is 25.8 Å². The second-order valence-corrected chi connectivity index (χ2v) is 10.2. The van der Waals surface area contributed by atoms with Crippen LogP contribution in [0.15, 0.2) is 41.8 Å². The molecule has 0 aliphatic carbocycles. The Kier molecular flexibility index (Phi) is 7.26. The molecule has 2 aliphatic heterocycles. The summed E-state index contributed by atoms with van der Waals surface area (Å²) in [5, 5.41) is 14.3. The predicted octanol–water partition coefficient (Wildman–Crippen LogP) is 2.24. The zero-order valence-electron chi connectivity index (χ0n) is 22.0. The summed E-state index contributed by atoms with van der Waals surface area (Å²) >= 11 is 0. The topological polar surface area (TPSA) is 139 Å². The number of quaternary nitrogens is 1. The van der Waals surface area contributed by atoms with Crippen molar-refractivity contribution in [2.75, 3.05) is 50.7 Å². The Bertz CT molecular complexity index is 1390. The van der Waals surface area contributed by atoms with Gasteiger partial charge in [0.05, 0.1) is 24.2 Å². The van der Waals surface area contributed by atoms with E-state index in [1.807, 2.05) is 20.0 Å². The molecule has 5 rings (SSSR count). The van der Waals surface area contributed by atoms with Crippen LogP contribution in [0.1, 0.15) is 35.7 Å². The van der Waals surface area contributed by atoms with Crippen molar-refractivity contribution in [3.8, 4) is 6.19 Å². The van der Waals surface area contributed by atoms with Crippen molar-refractivity contribution in [3.63, 3.8) is 0 Å². The fraction of sp³-hybridized carbons (Fsp3) is 0.444. The van der Waals surface area contributed by atoms with E-state index in [4.69, 9.17) is 5.73 Å². The van der Waals surface area contributed by atoms with Gasteiger partial charge in [0, 0.05) is 24.8 Å². The fourth-order valence-electron chi connectivity index (χ4n) is 5.49. The van der Waals surface area contributed by atoms with Gasteiger partial charge in [0.25, 0.3) is 5.91 Å².